The lowest BCUT2D eigenvalue weighted by Gasteiger charge is -2.20. The minimum absolute atomic E-state index is 0.00334. The van der Waals surface area contributed by atoms with Crippen LogP contribution in [0.25, 0.3) is 11.0 Å². The van der Waals surface area contributed by atoms with Gasteiger partial charge in [-0.15, -0.1) is 0 Å². The zero-order chi connectivity index (χ0) is 20.7. The summed E-state index contributed by atoms with van der Waals surface area (Å²) < 4.78 is 13.1. The van der Waals surface area contributed by atoms with Crippen molar-refractivity contribution in [1.82, 2.24) is 14.7 Å². The van der Waals surface area contributed by atoms with Gasteiger partial charge in [0, 0.05) is 24.7 Å². The van der Waals surface area contributed by atoms with Gasteiger partial charge in [-0.2, -0.15) is 5.10 Å². The summed E-state index contributed by atoms with van der Waals surface area (Å²) in [5, 5.41) is 5.03. The SMILES string of the molecule is Cn1nc(CN(Cc2ccco2)C(=O)c2cc(=O)c3ccccc3o2)cc1C1CC1. The number of aromatic nitrogens is 2. The van der Waals surface area contributed by atoms with Crippen molar-refractivity contribution in [1.29, 1.82) is 0 Å². The molecular formula is C23H21N3O4. The molecule has 0 atom stereocenters. The quantitative estimate of drug-likeness (QED) is 0.489. The fourth-order valence-corrected chi connectivity index (χ4v) is 3.73. The molecule has 0 N–H and O–H groups in total. The van der Waals surface area contributed by atoms with E-state index in [2.05, 4.69) is 11.2 Å². The summed E-state index contributed by atoms with van der Waals surface area (Å²) in [5.41, 5.74) is 2.13. The first kappa shape index (κ1) is 18.4. The second-order valence-electron chi connectivity index (χ2n) is 7.67. The summed E-state index contributed by atoms with van der Waals surface area (Å²) in [7, 11) is 1.93. The number of hydrogen-bond acceptors (Lipinski definition) is 5. The molecule has 1 fully saturated rings. The summed E-state index contributed by atoms with van der Waals surface area (Å²) in [6, 6.07) is 13.8. The van der Waals surface area contributed by atoms with Crippen LogP contribution in [-0.2, 0) is 20.1 Å². The molecule has 152 valence electrons. The average molecular weight is 403 g/mol. The number of carbonyl (C=O) groups excluding carboxylic acids is 1. The monoisotopic (exact) mass is 403 g/mol. The number of furan rings is 1. The summed E-state index contributed by atoms with van der Waals surface area (Å²) in [4.78, 5) is 27.4. The Kier molecular flexibility index (Phi) is 4.50. The van der Waals surface area contributed by atoms with Gasteiger partial charge in [-0.25, -0.2) is 0 Å². The van der Waals surface area contributed by atoms with E-state index < -0.39 is 0 Å². The number of fused-ring (bicyclic) bond motifs is 1. The topological polar surface area (TPSA) is 81.5 Å². The Morgan fingerprint density at radius 3 is 2.77 bits per heavy atom. The lowest BCUT2D eigenvalue weighted by Crippen LogP contribution is -2.30. The smallest absolute Gasteiger partial charge is 0.290 e. The summed E-state index contributed by atoms with van der Waals surface area (Å²) in [6.45, 7) is 0.536. The number of nitrogens with zero attached hydrogens (tertiary/aromatic N) is 3. The minimum Gasteiger partial charge on any atom is -0.467 e. The Balaban J connectivity index is 1.48. The maximum absolute atomic E-state index is 13.3. The van der Waals surface area contributed by atoms with Crippen molar-refractivity contribution in [3.63, 3.8) is 0 Å². The zero-order valence-electron chi connectivity index (χ0n) is 16.6. The van der Waals surface area contributed by atoms with E-state index in [4.69, 9.17) is 8.83 Å². The molecule has 5 rings (SSSR count). The van der Waals surface area contributed by atoms with Gasteiger partial charge in [0.1, 0.15) is 11.3 Å². The maximum Gasteiger partial charge on any atom is 0.290 e. The second-order valence-corrected chi connectivity index (χ2v) is 7.67. The van der Waals surface area contributed by atoms with Crippen LogP contribution in [0.3, 0.4) is 0 Å². The summed E-state index contributed by atoms with van der Waals surface area (Å²) in [5.74, 6) is 0.824. The molecule has 30 heavy (non-hydrogen) atoms. The van der Waals surface area contributed by atoms with Gasteiger partial charge >= 0.3 is 0 Å². The zero-order valence-corrected chi connectivity index (χ0v) is 16.6. The standard InChI is InChI=1S/C23H21N3O4/c1-25-19(15-8-9-15)11-16(24-25)13-26(14-17-5-4-10-29-17)23(28)22-12-20(27)18-6-2-3-7-21(18)30-22/h2-7,10-12,15H,8-9,13-14H2,1H3. The first-order valence-corrected chi connectivity index (χ1v) is 9.96. The highest BCUT2D eigenvalue weighted by molar-refractivity contribution is 5.93. The van der Waals surface area contributed by atoms with Crippen molar-refractivity contribution in [3.8, 4) is 0 Å². The van der Waals surface area contributed by atoms with Crippen LogP contribution in [-0.4, -0.2) is 20.6 Å². The van der Waals surface area contributed by atoms with Crippen LogP contribution in [0.5, 0.6) is 0 Å². The van der Waals surface area contributed by atoms with Crippen LogP contribution < -0.4 is 5.43 Å². The van der Waals surface area contributed by atoms with Crippen LogP contribution in [0.15, 0.2) is 68.4 Å². The summed E-state index contributed by atoms with van der Waals surface area (Å²) in [6.07, 6.45) is 3.92. The largest absolute Gasteiger partial charge is 0.467 e. The van der Waals surface area contributed by atoms with E-state index in [0.717, 1.165) is 5.69 Å². The number of para-hydroxylation sites is 1. The Morgan fingerprint density at radius 1 is 1.17 bits per heavy atom. The second kappa shape index (κ2) is 7.33. The molecular weight excluding hydrogens is 382 g/mol. The van der Waals surface area contributed by atoms with Crippen molar-refractivity contribution >= 4 is 16.9 Å². The van der Waals surface area contributed by atoms with Crippen LogP contribution >= 0.6 is 0 Å². The Labute approximate surface area is 172 Å². The van der Waals surface area contributed by atoms with Gasteiger partial charge in [0.05, 0.1) is 30.4 Å². The van der Waals surface area contributed by atoms with Crippen molar-refractivity contribution in [2.45, 2.75) is 31.8 Å². The number of benzene rings is 1. The molecule has 0 aliphatic heterocycles. The predicted molar refractivity (Wildman–Crippen MR) is 110 cm³/mol. The molecule has 7 heteroatoms. The maximum atomic E-state index is 13.3. The van der Waals surface area contributed by atoms with Crippen LogP contribution in [0.4, 0.5) is 0 Å². The van der Waals surface area contributed by atoms with Crippen molar-refractivity contribution in [3.05, 3.63) is 87.9 Å². The van der Waals surface area contributed by atoms with Gasteiger partial charge in [0.2, 0.25) is 0 Å². The molecule has 1 aliphatic rings. The molecule has 0 bridgehead atoms. The third-order valence-corrected chi connectivity index (χ3v) is 5.37. The third-order valence-electron chi connectivity index (χ3n) is 5.37. The van der Waals surface area contributed by atoms with E-state index >= 15 is 0 Å². The summed E-state index contributed by atoms with van der Waals surface area (Å²) >= 11 is 0. The average Bonchev–Trinajstić information content (AvgIpc) is 3.33. The first-order chi connectivity index (χ1) is 14.6. The van der Waals surface area contributed by atoms with Gasteiger partial charge in [-0.05, 0) is 43.2 Å². The van der Waals surface area contributed by atoms with Crippen molar-refractivity contribution < 1.29 is 13.6 Å². The number of aryl methyl sites for hydroxylation is 1. The van der Waals surface area contributed by atoms with E-state index in [1.165, 1.54) is 24.6 Å². The number of rotatable bonds is 6. The third kappa shape index (κ3) is 3.54. The predicted octanol–water partition coefficient (Wildman–Crippen LogP) is 3.84. The molecule has 0 spiro atoms. The molecule has 3 heterocycles. The first-order valence-electron chi connectivity index (χ1n) is 9.96. The fourth-order valence-electron chi connectivity index (χ4n) is 3.73. The Bertz CT molecular complexity index is 1270. The molecule has 1 aromatic carbocycles. The van der Waals surface area contributed by atoms with Gasteiger partial charge < -0.3 is 13.7 Å². The van der Waals surface area contributed by atoms with Crippen LogP contribution in [0.2, 0.25) is 0 Å². The molecule has 0 unspecified atom stereocenters. The number of hydrogen-bond donors (Lipinski definition) is 0. The number of amides is 1. The van der Waals surface area contributed by atoms with Crippen molar-refractivity contribution in [2.24, 2.45) is 7.05 Å². The highest BCUT2D eigenvalue weighted by atomic mass is 16.3. The van der Waals surface area contributed by atoms with Gasteiger partial charge in [0.25, 0.3) is 5.91 Å². The van der Waals surface area contributed by atoms with E-state index in [-0.39, 0.29) is 30.2 Å². The lowest BCUT2D eigenvalue weighted by atomic mass is 10.2. The lowest BCUT2D eigenvalue weighted by molar-refractivity contribution is 0.0683. The van der Waals surface area contributed by atoms with Gasteiger partial charge in [-0.1, -0.05) is 12.1 Å². The molecule has 7 nitrogen and oxygen atoms in total. The molecule has 3 aromatic heterocycles. The van der Waals surface area contributed by atoms with E-state index in [1.807, 2.05) is 17.8 Å². The minimum atomic E-state index is -0.382. The highest BCUT2D eigenvalue weighted by Crippen LogP contribution is 2.40. The number of carbonyl (C=O) groups is 1. The van der Waals surface area contributed by atoms with Crippen LogP contribution in [0, 0.1) is 0 Å². The normalized spacial score (nSPS) is 13.6. The van der Waals surface area contributed by atoms with Gasteiger partial charge in [0.15, 0.2) is 11.2 Å². The van der Waals surface area contributed by atoms with Crippen molar-refractivity contribution in [2.75, 3.05) is 0 Å². The van der Waals surface area contributed by atoms with E-state index in [1.54, 1.807) is 41.5 Å². The highest BCUT2D eigenvalue weighted by Gasteiger charge is 2.28. The molecule has 1 aliphatic carbocycles. The fraction of sp³-hybridized carbons (Fsp3) is 0.261. The van der Waals surface area contributed by atoms with Crippen LogP contribution in [0.1, 0.15) is 46.5 Å². The molecule has 4 aromatic rings. The Hall–Kier alpha value is -3.61. The Morgan fingerprint density at radius 2 is 2.00 bits per heavy atom. The molecule has 0 saturated heterocycles. The van der Waals surface area contributed by atoms with E-state index in [0.29, 0.717) is 22.6 Å². The molecule has 1 saturated carbocycles. The molecule has 0 radical (unpaired) electrons. The molecule has 1 amide bonds. The van der Waals surface area contributed by atoms with E-state index in [9.17, 15) is 9.59 Å². The van der Waals surface area contributed by atoms with Gasteiger partial charge in [-0.3, -0.25) is 14.3 Å².